The summed E-state index contributed by atoms with van der Waals surface area (Å²) in [4.78, 5) is 23.7. The van der Waals surface area contributed by atoms with Crippen LogP contribution in [0.4, 0.5) is 5.00 Å². The van der Waals surface area contributed by atoms with Crippen LogP contribution in [0.2, 0.25) is 5.02 Å². The van der Waals surface area contributed by atoms with Crippen LogP contribution in [-0.4, -0.2) is 17.0 Å². The number of nitrogens with one attached hydrogen (secondary N) is 1. The molecule has 0 fully saturated rings. The van der Waals surface area contributed by atoms with E-state index in [4.69, 9.17) is 16.7 Å². The van der Waals surface area contributed by atoms with Gasteiger partial charge in [0.25, 0.3) is 0 Å². The summed E-state index contributed by atoms with van der Waals surface area (Å²) in [6.45, 7) is 1.79. The Morgan fingerprint density at radius 2 is 2.10 bits per heavy atom. The molecule has 0 unspecified atom stereocenters. The number of hydrogen-bond donors (Lipinski definition) is 2. The predicted molar refractivity (Wildman–Crippen MR) is 85.1 cm³/mol. The van der Waals surface area contributed by atoms with Crippen molar-refractivity contribution in [1.29, 1.82) is 0 Å². The number of rotatable bonds is 4. The lowest BCUT2D eigenvalue weighted by Gasteiger charge is -2.00. The number of carboxylic acids is 1. The van der Waals surface area contributed by atoms with E-state index >= 15 is 0 Å². The van der Waals surface area contributed by atoms with Crippen LogP contribution in [0, 0.1) is 6.92 Å². The second-order valence-corrected chi connectivity index (χ2v) is 5.98. The molecule has 0 aliphatic carbocycles. The van der Waals surface area contributed by atoms with Crippen LogP contribution < -0.4 is 5.32 Å². The van der Waals surface area contributed by atoms with Gasteiger partial charge < -0.3 is 10.4 Å². The number of halogens is 1. The Balaban J connectivity index is 2.10. The largest absolute Gasteiger partial charge is 0.478 e. The third-order valence-corrected chi connectivity index (χ3v) is 3.80. The number of aromatic carboxylic acids is 1. The van der Waals surface area contributed by atoms with Crippen molar-refractivity contribution in [2.24, 2.45) is 0 Å². The van der Waals surface area contributed by atoms with Crippen molar-refractivity contribution in [2.45, 2.75) is 6.92 Å². The van der Waals surface area contributed by atoms with E-state index in [1.165, 1.54) is 23.5 Å². The number of anilines is 1. The summed E-state index contributed by atoms with van der Waals surface area (Å²) in [7, 11) is 0. The van der Waals surface area contributed by atoms with Gasteiger partial charge in [-0.2, -0.15) is 0 Å². The van der Waals surface area contributed by atoms with Gasteiger partial charge in [0.2, 0.25) is 5.91 Å². The first-order valence-corrected chi connectivity index (χ1v) is 7.23. The van der Waals surface area contributed by atoms with Crippen LogP contribution in [0.25, 0.3) is 6.08 Å². The van der Waals surface area contributed by atoms with Gasteiger partial charge in [-0.3, -0.25) is 4.79 Å². The average molecular weight is 322 g/mol. The maximum atomic E-state index is 11.8. The van der Waals surface area contributed by atoms with E-state index in [0.717, 1.165) is 10.4 Å². The van der Waals surface area contributed by atoms with E-state index in [1.807, 2.05) is 6.07 Å². The lowest BCUT2D eigenvalue weighted by Crippen LogP contribution is -2.09. The zero-order chi connectivity index (χ0) is 15.4. The van der Waals surface area contributed by atoms with Gasteiger partial charge in [0.1, 0.15) is 5.00 Å². The van der Waals surface area contributed by atoms with Crippen LogP contribution in [0.1, 0.15) is 20.8 Å². The third-order valence-electron chi connectivity index (χ3n) is 2.60. The minimum absolute atomic E-state index is 0.0991. The number of aryl methyl sites for hydroxylation is 1. The quantitative estimate of drug-likeness (QED) is 0.834. The van der Waals surface area contributed by atoms with E-state index in [1.54, 1.807) is 31.2 Å². The van der Waals surface area contributed by atoms with Crippen molar-refractivity contribution >= 4 is 45.9 Å². The van der Waals surface area contributed by atoms with Crippen molar-refractivity contribution < 1.29 is 14.7 Å². The van der Waals surface area contributed by atoms with E-state index in [0.29, 0.717) is 10.0 Å². The highest BCUT2D eigenvalue weighted by atomic mass is 35.5. The standard InChI is InChI=1S/C15H12ClNO3S/c1-9-7-12(15(19)20)14(21-9)17-13(18)6-5-10-3-2-4-11(16)8-10/h2-8H,1H3,(H,17,18)(H,19,20). The van der Waals surface area contributed by atoms with Crippen LogP contribution >= 0.6 is 22.9 Å². The molecular weight excluding hydrogens is 310 g/mol. The van der Waals surface area contributed by atoms with Crippen molar-refractivity contribution in [3.8, 4) is 0 Å². The fraction of sp³-hybridized carbons (Fsp3) is 0.0667. The molecule has 0 aliphatic heterocycles. The van der Waals surface area contributed by atoms with Gasteiger partial charge in [0.05, 0.1) is 5.56 Å². The number of carbonyl (C=O) groups excluding carboxylic acids is 1. The molecule has 21 heavy (non-hydrogen) atoms. The third kappa shape index (κ3) is 4.18. The molecule has 0 atom stereocenters. The molecule has 1 aromatic heterocycles. The summed E-state index contributed by atoms with van der Waals surface area (Å²) in [6, 6.07) is 8.60. The number of benzene rings is 1. The molecule has 1 aromatic carbocycles. The lowest BCUT2D eigenvalue weighted by atomic mass is 10.2. The molecule has 1 heterocycles. The summed E-state index contributed by atoms with van der Waals surface area (Å²) < 4.78 is 0. The topological polar surface area (TPSA) is 66.4 Å². The normalized spacial score (nSPS) is 10.8. The second kappa shape index (κ2) is 6.56. The monoisotopic (exact) mass is 321 g/mol. The van der Waals surface area contributed by atoms with Crippen LogP contribution in [0.15, 0.2) is 36.4 Å². The first-order valence-electron chi connectivity index (χ1n) is 6.04. The summed E-state index contributed by atoms with van der Waals surface area (Å²) in [5.74, 6) is -1.45. The van der Waals surface area contributed by atoms with E-state index < -0.39 is 5.97 Å². The Kier molecular flexibility index (Phi) is 4.77. The van der Waals surface area contributed by atoms with E-state index in [2.05, 4.69) is 5.32 Å². The zero-order valence-corrected chi connectivity index (χ0v) is 12.7. The Morgan fingerprint density at radius 1 is 1.33 bits per heavy atom. The van der Waals surface area contributed by atoms with Gasteiger partial charge in [-0.1, -0.05) is 23.7 Å². The molecule has 6 heteroatoms. The highest BCUT2D eigenvalue weighted by Crippen LogP contribution is 2.27. The molecule has 2 N–H and O–H groups in total. The van der Waals surface area contributed by atoms with E-state index in [9.17, 15) is 9.59 Å². The molecule has 0 spiro atoms. The molecule has 1 amide bonds. The Bertz CT molecular complexity index is 721. The van der Waals surface area contributed by atoms with E-state index in [-0.39, 0.29) is 11.5 Å². The van der Waals surface area contributed by atoms with Crippen LogP contribution in [0.5, 0.6) is 0 Å². The Hall–Kier alpha value is -2.11. The highest BCUT2D eigenvalue weighted by Gasteiger charge is 2.14. The number of carbonyl (C=O) groups is 2. The van der Waals surface area contributed by atoms with Crippen molar-refractivity contribution in [3.05, 3.63) is 57.4 Å². The van der Waals surface area contributed by atoms with Gasteiger partial charge >= 0.3 is 5.97 Å². The van der Waals surface area contributed by atoms with Gasteiger partial charge in [-0.05, 0) is 36.8 Å². The molecule has 4 nitrogen and oxygen atoms in total. The van der Waals surface area contributed by atoms with Crippen LogP contribution in [0.3, 0.4) is 0 Å². The molecule has 2 aromatic rings. The fourth-order valence-electron chi connectivity index (χ4n) is 1.70. The first-order chi connectivity index (χ1) is 9.95. The van der Waals surface area contributed by atoms with Crippen LogP contribution in [-0.2, 0) is 4.79 Å². The van der Waals surface area contributed by atoms with Crippen molar-refractivity contribution in [1.82, 2.24) is 0 Å². The molecule has 0 saturated carbocycles. The number of hydrogen-bond acceptors (Lipinski definition) is 3. The van der Waals surface area contributed by atoms with Gasteiger partial charge in [0, 0.05) is 16.0 Å². The predicted octanol–water partition coefficient (Wildman–Crippen LogP) is 4.06. The molecule has 108 valence electrons. The van der Waals surface area contributed by atoms with Gasteiger partial charge in [-0.15, -0.1) is 11.3 Å². The summed E-state index contributed by atoms with van der Waals surface area (Å²) >= 11 is 7.08. The zero-order valence-electron chi connectivity index (χ0n) is 11.1. The van der Waals surface area contributed by atoms with Gasteiger partial charge in [0.15, 0.2) is 0 Å². The summed E-state index contributed by atoms with van der Waals surface area (Å²) in [6.07, 6.45) is 2.95. The maximum Gasteiger partial charge on any atom is 0.338 e. The smallest absolute Gasteiger partial charge is 0.338 e. The first kappa shape index (κ1) is 15.3. The minimum atomic E-state index is -1.06. The average Bonchev–Trinajstić information content (AvgIpc) is 2.77. The number of thiophene rings is 1. The summed E-state index contributed by atoms with van der Waals surface area (Å²) in [5.41, 5.74) is 0.889. The number of carboxylic acid groups (broad SMARTS) is 1. The molecule has 0 radical (unpaired) electrons. The minimum Gasteiger partial charge on any atom is -0.478 e. The maximum absolute atomic E-state index is 11.8. The molecular formula is C15H12ClNO3S. The van der Waals surface area contributed by atoms with Crippen molar-refractivity contribution in [3.63, 3.8) is 0 Å². The molecule has 0 bridgehead atoms. The fourth-order valence-corrected chi connectivity index (χ4v) is 2.81. The van der Waals surface area contributed by atoms with Gasteiger partial charge in [-0.25, -0.2) is 4.79 Å². The second-order valence-electron chi connectivity index (χ2n) is 4.28. The van der Waals surface area contributed by atoms with Crippen molar-refractivity contribution in [2.75, 3.05) is 5.32 Å². The highest BCUT2D eigenvalue weighted by molar-refractivity contribution is 7.16. The SMILES string of the molecule is Cc1cc(C(=O)O)c(NC(=O)C=Cc2cccc(Cl)c2)s1. The summed E-state index contributed by atoms with van der Waals surface area (Å²) in [5, 5.41) is 12.5. The molecule has 0 aliphatic rings. The molecule has 2 rings (SSSR count). The lowest BCUT2D eigenvalue weighted by molar-refractivity contribution is -0.111. The Labute approximate surface area is 130 Å². The number of amides is 1. The Morgan fingerprint density at radius 3 is 2.76 bits per heavy atom. The molecule has 0 saturated heterocycles.